The average molecular weight is 2010 g/mol. The molecule has 6 aromatic carbocycles. The van der Waals surface area contributed by atoms with Crippen LogP contribution >= 0.6 is 0 Å². The van der Waals surface area contributed by atoms with E-state index in [0.29, 0.717) is 118 Å². The molecular weight excluding hydrogens is 1850 g/mol. The van der Waals surface area contributed by atoms with E-state index < -0.39 is 60.1 Å². The molecule has 0 aromatic heterocycles. The molecule has 30 heteroatoms. The van der Waals surface area contributed by atoms with Crippen molar-refractivity contribution in [2.45, 2.75) is 338 Å². The molecule has 0 bridgehead atoms. The lowest BCUT2D eigenvalue weighted by molar-refractivity contribution is 0.296. The molecular formula is C107H160N6O18S6. The molecule has 0 amide bonds. The fourth-order valence-corrected chi connectivity index (χ4v) is 26.6. The molecule has 6 heterocycles. The van der Waals surface area contributed by atoms with E-state index in [1.165, 1.54) is 8.61 Å². The van der Waals surface area contributed by atoms with Gasteiger partial charge in [-0.25, -0.2) is 50.5 Å². The molecule has 0 saturated carbocycles. The largest absolute Gasteiger partial charge is 0.492 e. The first-order chi connectivity index (χ1) is 65.1. The Bertz CT molecular complexity index is 5670. The van der Waals surface area contributed by atoms with Gasteiger partial charge in [0.15, 0.2) is 0 Å². The lowest BCUT2D eigenvalue weighted by Gasteiger charge is -2.27. The standard InChI is InChI=1S/C20H31NO3S.C19H29NO3S.C18H27NO3S.2C17H25NO3S.C16H23NO3S/c1-17(2)21-14-10-8-6-4-5-7-9-11-15-24-19-16-18(3)12-13-20(19)25(21,22)23;1-16(2)20-13-9-7-5-4-6-8-10-14-23-18-15-17(3)11-12-19(18)24(20,21)22;1-15(2)19-12-8-6-4-5-7-9-13-22-17-14-16(3)10-11-18(17)23(19,20)21;2*1-14(2)18-11-7-5-4-6-8-12-21-16-13-15(3)9-10-17(16)22(18,19)20;1-13(2)17-10-6-4-5-7-11-20-15-12-14(3)8-9-16(15)21(17,18)19/h4-5,12-13,16-17H,6-11,14-15H2,1-3H3;4,6,11-12,15-16H,5,7-10,13-14H2,1-3H3;5,7,10-11,14-15H,4,6,8-9,12-13H2,1-3H3;6,8-10,13-14H,4-5,7,11-12H2,1-3H3;5,7,9-10,13-14H,4,6,8,11-12H2,1-3H3;4,6,8-9,12-13H,5,7,10-11H2,1-3H3/b;;;;7-5-;. The van der Waals surface area contributed by atoms with Crippen molar-refractivity contribution < 1.29 is 78.9 Å². The van der Waals surface area contributed by atoms with Gasteiger partial charge < -0.3 is 28.4 Å². The van der Waals surface area contributed by atoms with Crippen LogP contribution in [-0.2, 0) is 60.1 Å². The van der Waals surface area contributed by atoms with Crippen LogP contribution in [0.5, 0.6) is 34.5 Å². The molecule has 0 aliphatic carbocycles. The van der Waals surface area contributed by atoms with E-state index in [4.69, 9.17) is 28.4 Å². The molecule has 0 atom stereocenters. The summed E-state index contributed by atoms with van der Waals surface area (Å²) in [7, 11) is -21.3. The Labute approximate surface area is 825 Å². The van der Waals surface area contributed by atoms with Gasteiger partial charge in [0.25, 0.3) is 0 Å². The predicted octanol–water partition coefficient (Wildman–Crippen LogP) is 23.0. The summed E-state index contributed by atoms with van der Waals surface area (Å²) in [5, 5.41) is 0. The number of sulfonamides is 6. The molecule has 0 saturated heterocycles. The minimum Gasteiger partial charge on any atom is -0.492 e. The minimum atomic E-state index is -3.57. The van der Waals surface area contributed by atoms with Crippen molar-refractivity contribution in [3.63, 3.8) is 0 Å². The second-order valence-corrected chi connectivity index (χ2v) is 48.5. The highest BCUT2D eigenvalue weighted by atomic mass is 32.2. The van der Waals surface area contributed by atoms with E-state index in [1.54, 1.807) is 65.8 Å². The van der Waals surface area contributed by atoms with Crippen LogP contribution in [0.4, 0.5) is 0 Å². The third kappa shape index (κ3) is 36.2. The number of hydrogen-bond acceptors (Lipinski definition) is 18. The van der Waals surface area contributed by atoms with E-state index >= 15 is 0 Å². The van der Waals surface area contributed by atoms with Gasteiger partial charge in [-0.3, -0.25) is 0 Å². The van der Waals surface area contributed by atoms with Gasteiger partial charge in [-0.15, -0.1) is 0 Å². The Morgan fingerprint density at radius 2 is 0.394 bits per heavy atom. The molecule has 12 rings (SSSR count). The highest BCUT2D eigenvalue weighted by molar-refractivity contribution is 7.90. The number of fused-ring (bicyclic) bond motifs is 6. The van der Waals surface area contributed by atoms with Gasteiger partial charge in [-0.1, -0.05) is 109 Å². The van der Waals surface area contributed by atoms with Crippen molar-refractivity contribution in [1.29, 1.82) is 0 Å². The Kier molecular flexibility index (Phi) is 48.9. The quantitative estimate of drug-likeness (QED) is 0.140. The Morgan fingerprint density at radius 1 is 0.204 bits per heavy atom. The molecule has 0 radical (unpaired) electrons. The van der Waals surface area contributed by atoms with Crippen LogP contribution in [-0.4, -0.2) is 191 Å². The van der Waals surface area contributed by atoms with Gasteiger partial charge in [0.1, 0.15) is 70.5 Å². The third-order valence-electron chi connectivity index (χ3n) is 23.6. The molecule has 6 aromatic rings. The van der Waals surface area contributed by atoms with Crippen molar-refractivity contribution in [3.8, 4) is 34.5 Å². The molecule has 6 aliphatic rings. The van der Waals surface area contributed by atoms with Gasteiger partial charge in [-0.05, 0) is 378 Å². The molecule has 0 spiro atoms. The predicted molar refractivity (Wildman–Crippen MR) is 555 cm³/mol. The summed E-state index contributed by atoms with van der Waals surface area (Å²) in [6, 6.07) is 31.4. The summed E-state index contributed by atoms with van der Waals surface area (Å²) in [6.07, 6.45) is 46.9. The van der Waals surface area contributed by atoms with E-state index in [2.05, 4.69) is 48.6 Å². The van der Waals surface area contributed by atoms with Crippen LogP contribution in [0.2, 0.25) is 0 Å². The Balaban J connectivity index is 0.000000224. The maximum absolute atomic E-state index is 13.2. The smallest absolute Gasteiger partial charge is 0.247 e. The van der Waals surface area contributed by atoms with Crippen LogP contribution in [0.1, 0.15) is 264 Å². The molecule has 0 N–H and O–H groups in total. The lowest BCUT2D eigenvalue weighted by Crippen LogP contribution is -2.38. The van der Waals surface area contributed by atoms with E-state index in [0.717, 1.165) is 181 Å². The van der Waals surface area contributed by atoms with Gasteiger partial charge in [0.05, 0.1) is 33.0 Å². The number of nitrogens with zero attached hydrogens (tertiary/aromatic N) is 6. The first-order valence-corrected chi connectivity index (χ1v) is 58.1. The van der Waals surface area contributed by atoms with Crippen molar-refractivity contribution in [3.05, 3.63) is 215 Å². The monoisotopic (exact) mass is 2010 g/mol. The zero-order valence-corrected chi connectivity index (χ0v) is 89.9. The molecule has 0 unspecified atom stereocenters. The number of rotatable bonds is 6. The fraction of sp³-hybridized carbons (Fsp3) is 0.551. The summed E-state index contributed by atoms with van der Waals surface area (Å²) >= 11 is 0. The Hall–Kier alpha value is -7.98. The zero-order chi connectivity index (χ0) is 101. The SMILES string of the molecule is Cc1ccc2c(c1)OCC=CCCCCN(C(C)C)S2(=O)=O.Cc1ccc2c(c1)OCCC=CCCCCN(C(C)C)S2(=O)=O.Cc1ccc2c(c1)OCCCC/C=C\CN(C(C)C)S2(=O)=O.Cc1ccc2c(c1)OCCCC=CCCCCN(C(C)C)S2(=O)=O.Cc1ccc2c(c1)OCCCC=CCN(C(C)C)S2(=O)=O.Cc1ccc2c(c1)OCCCCC=CCCCCN(C(C)C)S2(=O)=O. The van der Waals surface area contributed by atoms with Crippen molar-refractivity contribution in [2.75, 3.05) is 78.9 Å². The van der Waals surface area contributed by atoms with E-state index in [1.807, 2.05) is 210 Å². The van der Waals surface area contributed by atoms with Crippen molar-refractivity contribution >= 4 is 60.1 Å². The zero-order valence-electron chi connectivity index (χ0n) is 85.0. The summed E-state index contributed by atoms with van der Waals surface area (Å²) in [5.41, 5.74) is 5.98. The molecule has 0 fully saturated rings. The summed E-state index contributed by atoms with van der Waals surface area (Å²) in [4.78, 5) is 1.65. The van der Waals surface area contributed by atoms with Crippen LogP contribution < -0.4 is 28.4 Å². The van der Waals surface area contributed by atoms with Gasteiger partial charge in [0.2, 0.25) is 60.1 Å². The number of hydrogen-bond donors (Lipinski definition) is 0. The maximum atomic E-state index is 13.2. The van der Waals surface area contributed by atoms with Gasteiger partial charge in [0, 0.05) is 75.5 Å². The molecule has 762 valence electrons. The molecule has 6 aliphatic heterocycles. The number of benzene rings is 6. The fourth-order valence-electron chi connectivity index (χ4n) is 16.0. The van der Waals surface area contributed by atoms with Crippen molar-refractivity contribution in [2.24, 2.45) is 0 Å². The summed E-state index contributed by atoms with van der Waals surface area (Å²) in [6.45, 7) is 40.6. The Morgan fingerprint density at radius 3 is 0.642 bits per heavy atom. The normalized spacial score (nSPS) is 20.2. The second-order valence-electron chi connectivity index (χ2n) is 37.3. The van der Waals surface area contributed by atoms with Crippen LogP contribution in [0.15, 0.2) is 211 Å². The highest BCUT2D eigenvalue weighted by Crippen LogP contribution is 2.38. The first-order valence-electron chi connectivity index (χ1n) is 49.5. The number of allylic oxidation sites excluding steroid dienone is 8. The average Bonchev–Trinajstić information content (AvgIpc) is 1.74. The summed E-state index contributed by atoms with van der Waals surface area (Å²) in [5.74, 6) is 2.79. The van der Waals surface area contributed by atoms with Gasteiger partial charge >= 0.3 is 0 Å². The van der Waals surface area contributed by atoms with E-state index in [-0.39, 0.29) is 60.7 Å². The highest BCUT2D eigenvalue weighted by Gasteiger charge is 2.37. The topological polar surface area (TPSA) is 280 Å². The molecule has 137 heavy (non-hydrogen) atoms. The summed E-state index contributed by atoms with van der Waals surface area (Å²) < 4.78 is 201. The second kappa shape index (κ2) is 57.8. The van der Waals surface area contributed by atoms with Crippen LogP contribution in [0.3, 0.4) is 0 Å². The first kappa shape index (κ1) is 116. The van der Waals surface area contributed by atoms with E-state index in [9.17, 15) is 50.5 Å². The number of aryl methyl sites for hydroxylation is 6. The lowest BCUT2D eigenvalue weighted by atomic mass is 10.2. The van der Waals surface area contributed by atoms with Crippen molar-refractivity contribution in [1.82, 2.24) is 25.8 Å². The number of ether oxygens (including phenoxy) is 6. The minimum absolute atomic E-state index is 0.0716. The van der Waals surface area contributed by atoms with Gasteiger partial charge in [-0.2, -0.15) is 25.8 Å². The molecule has 24 nitrogen and oxygen atoms in total. The van der Waals surface area contributed by atoms with Crippen LogP contribution in [0, 0.1) is 41.5 Å². The third-order valence-corrected chi connectivity index (χ3v) is 36.2. The van der Waals surface area contributed by atoms with Crippen LogP contribution in [0.25, 0.3) is 0 Å². The maximum Gasteiger partial charge on any atom is 0.247 e.